The van der Waals surface area contributed by atoms with Gasteiger partial charge in [-0.1, -0.05) is 67.6 Å². The number of imidazole rings is 1. The molecule has 2 fully saturated rings. The first-order valence-electron chi connectivity index (χ1n) is 20.7. The molecule has 5 aromatic rings. The quantitative estimate of drug-likeness (QED) is 0.0754. The van der Waals surface area contributed by atoms with Crippen molar-refractivity contribution >= 4 is 46.5 Å². The van der Waals surface area contributed by atoms with Crippen molar-refractivity contribution in [3.8, 4) is 6.07 Å². The molecule has 322 valence electrons. The average Bonchev–Trinajstić information content (AvgIpc) is 3.85. The Morgan fingerprint density at radius 3 is 2.16 bits per heavy atom. The smallest absolute Gasteiger partial charge is 0.321 e. The first-order valence-corrected chi connectivity index (χ1v) is 20.7. The maximum atomic E-state index is 13.7. The lowest BCUT2D eigenvalue weighted by Gasteiger charge is -2.32. The molecule has 3 aromatic carbocycles. The molecular formula is C44H50N12O6. The standard InChI is InChI=1S/C44H50N12O6/c1-2-35(57)52-33-23-34(38(59)37(33)58)56-26-49-36-39(48-25-32(28-9-5-3-6-10-28)29-11-7-4-8-12-29)53-40(54-41(36)56)42(60)46-19-20-47-43(61)50-31-17-21-55(22-18-31)44(62)51-30-15-13-27(24-45)14-16-30/h3-16,26,31-34,37-38,58-59H,2,17-23,25H2,1H3,(H,46,60)(H,51,62)(H,52,57)(H2,47,50,61)(H,48,53,54)/t33-,34+,37+,38-/m0/s1. The molecule has 62 heavy (non-hydrogen) atoms. The van der Waals surface area contributed by atoms with Gasteiger partial charge in [0.15, 0.2) is 11.5 Å². The molecule has 1 saturated carbocycles. The number of hydrogen-bond donors (Lipinski definition) is 8. The van der Waals surface area contributed by atoms with Crippen LogP contribution >= 0.6 is 0 Å². The fourth-order valence-corrected chi connectivity index (χ4v) is 7.84. The molecule has 4 atom stereocenters. The number of nitrogens with one attached hydrogen (secondary N) is 6. The lowest BCUT2D eigenvalue weighted by atomic mass is 9.91. The molecule has 8 N–H and O–H groups in total. The van der Waals surface area contributed by atoms with E-state index in [1.165, 1.54) is 6.33 Å². The Morgan fingerprint density at radius 2 is 1.52 bits per heavy atom. The molecule has 6 amide bonds. The summed E-state index contributed by atoms with van der Waals surface area (Å²) in [6, 6.07) is 26.4. The number of anilines is 2. The van der Waals surface area contributed by atoms with Gasteiger partial charge in [0.1, 0.15) is 17.7 Å². The van der Waals surface area contributed by atoms with E-state index in [-0.39, 0.29) is 67.1 Å². The van der Waals surface area contributed by atoms with E-state index in [2.05, 4.69) is 46.9 Å². The molecule has 7 rings (SSSR count). The summed E-state index contributed by atoms with van der Waals surface area (Å²) in [6.07, 6.45) is 0.512. The van der Waals surface area contributed by atoms with Crippen molar-refractivity contribution in [2.24, 2.45) is 0 Å². The second-order valence-corrected chi connectivity index (χ2v) is 15.3. The number of carbonyl (C=O) groups excluding carboxylic acids is 4. The number of aliphatic hydroxyl groups is 2. The zero-order valence-corrected chi connectivity index (χ0v) is 34.2. The lowest BCUT2D eigenvalue weighted by Crippen LogP contribution is -2.50. The summed E-state index contributed by atoms with van der Waals surface area (Å²) in [7, 11) is 0. The Kier molecular flexibility index (Phi) is 13.9. The summed E-state index contributed by atoms with van der Waals surface area (Å²) in [4.78, 5) is 66.9. The highest BCUT2D eigenvalue weighted by Crippen LogP contribution is 2.35. The first kappa shape index (κ1) is 43.0. The van der Waals surface area contributed by atoms with Crippen molar-refractivity contribution in [1.29, 1.82) is 5.26 Å². The maximum Gasteiger partial charge on any atom is 0.321 e. The third kappa shape index (κ3) is 10.3. The van der Waals surface area contributed by atoms with E-state index >= 15 is 0 Å². The van der Waals surface area contributed by atoms with Gasteiger partial charge in [-0.2, -0.15) is 5.26 Å². The van der Waals surface area contributed by atoms with Crippen molar-refractivity contribution in [3.05, 3.63) is 114 Å². The second-order valence-electron chi connectivity index (χ2n) is 15.3. The Morgan fingerprint density at radius 1 is 0.855 bits per heavy atom. The van der Waals surface area contributed by atoms with Crippen molar-refractivity contribution in [1.82, 2.24) is 45.7 Å². The second kappa shape index (κ2) is 20.0. The number of piperidine rings is 1. The Balaban J connectivity index is 0.994. The Bertz CT molecular complexity index is 2340. The maximum absolute atomic E-state index is 13.7. The minimum Gasteiger partial charge on any atom is -0.388 e. The van der Waals surface area contributed by atoms with Gasteiger partial charge in [-0.25, -0.2) is 24.5 Å². The molecule has 0 bridgehead atoms. The number of rotatable bonds is 14. The molecule has 2 aliphatic rings. The first-order chi connectivity index (χ1) is 30.1. The van der Waals surface area contributed by atoms with E-state index in [4.69, 9.17) is 5.26 Å². The number of nitrogens with zero attached hydrogens (tertiary/aromatic N) is 6. The van der Waals surface area contributed by atoms with E-state index in [1.54, 1.807) is 40.7 Å². The van der Waals surface area contributed by atoms with E-state index in [1.807, 2.05) is 66.7 Å². The topological polar surface area (TPSA) is 252 Å². The molecule has 3 heterocycles. The fraction of sp³-hybridized carbons (Fsp3) is 0.364. The number of urea groups is 2. The van der Waals surface area contributed by atoms with E-state index in [0.717, 1.165) is 11.1 Å². The lowest BCUT2D eigenvalue weighted by molar-refractivity contribution is -0.122. The summed E-state index contributed by atoms with van der Waals surface area (Å²) < 4.78 is 1.61. The van der Waals surface area contributed by atoms with E-state index in [9.17, 15) is 29.4 Å². The third-order valence-electron chi connectivity index (χ3n) is 11.3. The minimum absolute atomic E-state index is 0.0556. The summed E-state index contributed by atoms with van der Waals surface area (Å²) in [6.45, 7) is 3.13. The fourth-order valence-electron chi connectivity index (χ4n) is 7.84. The molecule has 18 heteroatoms. The highest BCUT2D eigenvalue weighted by Gasteiger charge is 2.44. The molecule has 2 aromatic heterocycles. The van der Waals surface area contributed by atoms with Gasteiger partial charge < -0.3 is 51.6 Å². The van der Waals surface area contributed by atoms with Gasteiger partial charge in [-0.15, -0.1) is 0 Å². The predicted octanol–water partition coefficient (Wildman–Crippen LogP) is 3.23. The Hall–Kier alpha value is -7.10. The van der Waals surface area contributed by atoms with Crippen LogP contribution in [0.25, 0.3) is 11.2 Å². The molecule has 0 spiro atoms. The molecule has 1 aliphatic carbocycles. The van der Waals surface area contributed by atoms with Crippen LogP contribution in [-0.4, -0.2) is 116 Å². The number of benzene rings is 3. The van der Waals surface area contributed by atoms with Crippen LogP contribution in [0.4, 0.5) is 21.1 Å². The molecule has 0 radical (unpaired) electrons. The number of aliphatic hydroxyl groups excluding tert-OH is 2. The van der Waals surface area contributed by atoms with Crippen molar-refractivity contribution < 1.29 is 29.4 Å². The average molecular weight is 843 g/mol. The molecule has 18 nitrogen and oxygen atoms in total. The van der Waals surface area contributed by atoms with Crippen LogP contribution in [0.15, 0.2) is 91.3 Å². The molecule has 1 saturated heterocycles. The van der Waals surface area contributed by atoms with Gasteiger partial charge in [0, 0.05) is 56.8 Å². The number of carbonyl (C=O) groups is 4. The number of aromatic nitrogens is 4. The van der Waals surface area contributed by atoms with Crippen LogP contribution in [0.3, 0.4) is 0 Å². The zero-order chi connectivity index (χ0) is 43.6. The van der Waals surface area contributed by atoms with Crippen molar-refractivity contribution in [2.75, 3.05) is 43.4 Å². The monoisotopic (exact) mass is 842 g/mol. The van der Waals surface area contributed by atoms with Gasteiger partial charge in [0.2, 0.25) is 11.7 Å². The van der Waals surface area contributed by atoms with Crippen molar-refractivity contribution in [3.63, 3.8) is 0 Å². The van der Waals surface area contributed by atoms with Crippen LogP contribution in [-0.2, 0) is 4.79 Å². The SMILES string of the molecule is CCC(=O)N[C@H]1C[C@@H](n2cnc3c(NCC(c4ccccc4)c4ccccc4)nc(C(=O)NCCNC(=O)NC4CCN(C(=O)Nc5ccc(C#N)cc5)CC4)nc32)[C@H](O)[C@@H]1O. The molecular weight excluding hydrogens is 793 g/mol. The number of nitriles is 1. The zero-order valence-electron chi connectivity index (χ0n) is 34.2. The highest BCUT2D eigenvalue weighted by molar-refractivity contribution is 5.94. The van der Waals surface area contributed by atoms with Gasteiger partial charge >= 0.3 is 12.1 Å². The van der Waals surface area contributed by atoms with Crippen LogP contribution in [0.2, 0.25) is 0 Å². The number of likely N-dealkylation sites (tertiary alicyclic amines) is 1. The van der Waals surface area contributed by atoms with Crippen molar-refractivity contribution in [2.45, 2.75) is 68.9 Å². The third-order valence-corrected chi connectivity index (χ3v) is 11.3. The molecule has 0 unspecified atom stereocenters. The van der Waals surface area contributed by atoms with Crippen LogP contribution in [0.5, 0.6) is 0 Å². The number of fused-ring (bicyclic) bond motifs is 1. The summed E-state index contributed by atoms with van der Waals surface area (Å²) in [5.74, 6) is -0.857. The van der Waals surface area contributed by atoms with Crippen LogP contribution in [0, 0.1) is 11.3 Å². The van der Waals surface area contributed by atoms with Gasteiger partial charge in [-0.05, 0) is 54.7 Å². The highest BCUT2D eigenvalue weighted by atomic mass is 16.3. The number of amides is 6. The van der Waals surface area contributed by atoms with Crippen LogP contribution in [0.1, 0.15) is 71.9 Å². The summed E-state index contributed by atoms with van der Waals surface area (Å²) in [5, 5.41) is 48.5. The summed E-state index contributed by atoms with van der Waals surface area (Å²) in [5.41, 5.74) is 3.81. The predicted molar refractivity (Wildman–Crippen MR) is 230 cm³/mol. The van der Waals surface area contributed by atoms with Gasteiger partial charge in [-0.3, -0.25) is 9.59 Å². The van der Waals surface area contributed by atoms with Gasteiger partial charge in [0.05, 0.1) is 30.0 Å². The Labute approximate surface area is 358 Å². The largest absolute Gasteiger partial charge is 0.388 e. The van der Waals surface area contributed by atoms with Gasteiger partial charge in [0.25, 0.3) is 5.91 Å². The normalized spacial score (nSPS) is 18.8. The molecule has 1 aliphatic heterocycles. The minimum atomic E-state index is -1.26. The van der Waals surface area contributed by atoms with E-state index < -0.39 is 36.2 Å². The summed E-state index contributed by atoms with van der Waals surface area (Å²) >= 11 is 0. The number of hydrogen-bond acceptors (Lipinski definition) is 11. The van der Waals surface area contributed by atoms with Crippen LogP contribution < -0.4 is 31.9 Å². The van der Waals surface area contributed by atoms with E-state index in [0.29, 0.717) is 49.2 Å².